The molecule has 0 saturated carbocycles. The van der Waals surface area contributed by atoms with E-state index in [-0.39, 0.29) is 19.1 Å². The number of esters is 1. The Morgan fingerprint density at radius 2 is 1.45 bits per heavy atom. The topological polar surface area (TPSA) is 112 Å². The Labute approximate surface area is 197 Å². The van der Waals surface area contributed by atoms with Crippen LogP contribution in [0.3, 0.4) is 0 Å². The zero-order valence-corrected chi connectivity index (χ0v) is 21.6. The van der Waals surface area contributed by atoms with Gasteiger partial charge in [0.15, 0.2) is 0 Å². The highest BCUT2D eigenvalue weighted by molar-refractivity contribution is 5.89. The van der Waals surface area contributed by atoms with Crippen molar-refractivity contribution in [3.63, 3.8) is 0 Å². The Morgan fingerprint density at radius 3 is 1.91 bits per heavy atom. The summed E-state index contributed by atoms with van der Waals surface area (Å²) in [6.45, 7) is 16.5. The standard InChI is InChI=1S/C24H42N2O7/c1-10-16(11-2)31-18-14-15(20(27)30-12-3)13-17(25-21(28)32-23(4,5)6)19(18)26-22(29)33-24(7,8)9/h14,16-19H,10-13H2,1-9H3,(H,25,28)(H,26,29)/t17-,18+,19+/m0/s1. The summed E-state index contributed by atoms with van der Waals surface area (Å²) in [4.78, 5) is 37.8. The van der Waals surface area contributed by atoms with Crippen molar-refractivity contribution in [2.24, 2.45) is 0 Å². The Balaban J connectivity index is 3.31. The summed E-state index contributed by atoms with van der Waals surface area (Å²) in [5.41, 5.74) is -1.04. The van der Waals surface area contributed by atoms with Crippen LogP contribution in [0.25, 0.3) is 0 Å². The molecule has 2 N–H and O–H groups in total. The molecule has 0 radical (unpaired) electrons. The van der Waals surface area contributed by atoms with Gasteiger partial charge in [-0.1, -0.05) is 13.8 Å². The minimum atomic E-state index is -0.710. The van der Waals surface area contributed by atoms with Crippen molar-refractivity contribution in [3.8, 4) is 0 Å². The number of alkyl carbamates (subject to hydrolysis) is 2. The number of carbonyl (C=O) groups excluding carboxylic acids is 3. The monoisotopic (exact) mass is 470 g/mol. The van der Waals surface area contributed by atoms with Gasteiger partial charge < -0.3 is 29.6 Å². The van der Waals surface area contributed by atoms with Crippen LogP contribution < -0.4 is 10.6 Å². The van der Waals surface area contributed by atoms with Gasteiger partial charge in [-0.3, -0.25) is 0 Å². The Bertz CT molecular complexity index is 703. The quantitative estimate of drug-likeness (QED) is 0.403. The normalized spacial score (nSPS) is 21.2. The van der Waals surface area contributed by atoms with Crippen molar-refractivity contribution in [1.29, 1.82) is 0 Å². The van der Waals surface area contributed by atoms with E-state index in [0.717, 1.165) is 12.8 Å². The van der Waals surface area contributed by atoms with Gasteiger partial charge in [0.05, 0.1) is 30.9 Å². The van der Waals surface area contributed by atoms with Crippen LogP contribution in [0.5, 0.6) is 0 Å². The smallest absolute Gasteiger partial charge is 0.408 e. The lowest BCUT2D eigenvalue weighted by atomic mass is 9.87. The molecule has 9 nitrogen and oxygen atoms in total. The van der Waals surface area contributed by atoms with Gasteiger partial charge in [-0.25, -0.2) is 14.4 Å². The van der Waals surface area contributed by atoms with Crippen LogP contribution in [-0.2, 0) is 23.7 Å². The summed E-state index contributed by atoms with van der Waals surface area (Å²) < 4.78 is 22.3. The first-order chi connectivity index (χ1) is 15.2. The maximum atomic E-state index is 12.6. The van der Waals surface area contributed by atoms with Crippen molar-refractivity contribution >= 4 is 18.2 Å². The van der Waals surface area contributed by atoms with Gasteiger partial charge in [-0.2, -0.15) is 0 Å². The molecule has 9 heteroatoms. The minimum Gasteiger partial charge on any atom is -0.463 e. The lowest BCUT2D eigenvalue weighted by Crippen LogP contribution is -2.60. The van der Waals surface area contributed by atoms with Crippen molar-refractivity contribution < 1.29 is 33.3 Å². The number of amides is 2. The molecule has 1 rings (SSSR count). The first kappa shape index (κ1) is 28.7. The SMILES string of the molecule is CCOC(=O)C1=C[C@@H](OC(CC)CC)[C@H](NC(=O)OC(C)(C)C)[C@@H](NC(=O)OC(C)(C)C)C1. The number of hydrogen-bond acceptors (Lipinski definition) is 7. The lowest BCUT2D eigenvalue weighted by Gasteiger charge is -2.39. The van der Waals surface area contributed by atoms with E-state index in [9.17, 15) is 14.4 Å². The molecule has 0 aromatic heterocycles. The summed E-state index contributed by atoms with van der Waals surface area (Å²) in [6.07, 6.45) is 1.22. The van der Waals surface area contributed by atoms with Crippen molar-refractivity contribution in [2.45, 2.75) is 117 Å². The lowest BCUT2D eigenvalue weighted by molar-refractivity contribution is -0.139. The molecule has 0 fully saturated rings. The molecule has 3 atom stereocenters. The van der Waals surface area contributed by atoms with Gasteiger partial charge >= 0.3 is 18.2 Å². The number of ether oxygens (including phenoxy) is 4. The number of rotatable bonds is 8. The predicted octanol–water partition coefficient (Wildman–Crippen LogP) is 4.24. The maximum absolute atomic E-state index is 12.6. The van der Waals surface area contributed by atoms with Crippen LogP contribution in [0.4, 0.5) is 9.59 Å². The molecule has 2 amide bonds. The summed E-state index contributed by atoms with van der Waals surface area (Å²) in [7, 11) is 0. The van der Waals surface area contributed by atoms with Crippen LogP contribution in [0.1, 0.15) is 81.6 Å². The predicted molar refractivity (Wildman–Crippen MR) is 125 cm³/mol. The molecule has 1 aliphatic carbocycles. The van der Waals surface area contributed by atoms with Gasteiger partial charge in [0.25, 0.3) is 0 Å². The van der Waals surface area contributed by atoms with Gasteiger partial charge in [0.1, 0.15) is 11.2 Å². The summed E-state index contributed by atoms with van der Waals surface area (Å²) >= 11 is 0. The fourth-order valence-electron chi connectivity index (χ4n) is 3.39. The average molecular weight is 471 g/mol. The average Bonchev–Trinajstić information content (AvgIpc) is 2.65. The van der Waals surface area contributed by atoms with E-state index in [1.165, 1.54) is 0 Å². The third-order valence-corrected chi connectivity index (χ3v) is 4.78. The zero-order valence-electron chi connectivity index (χ0n) is 21.6. The Hall–Kier alpha value is -2.29. The van der Waals surface area contributed by atoms with E-state index in [1.807, 2.05) is 13.8 Å². The maximum Gasteiger partial charge on any atom is 0.408 e. The van der Waals surface area contributed by atoms with Gasteiger partial charge in [-0.05, 0) is 67.4 Å². The van der Waals surface area contributed by atoms with E-state index in [0.29, 0.717) is 5.57 Å². The van der Waals surface area contributed by atoms with E-state index >= 15 is 0 Å². The minimum absolute atomic E-state index is 0.0992. The second-order valence-electron chi connectivity index (χ2n) is 10.1. The van der Waals surface area contributed by atoms with E-state index in [4.69, 9.17) is 18.9 Å². The first-order valence-corrected chi connectivity index (χ1v) is 11.7. The second-order valence-corrected chi connectivity index (χ2v) is 10.1. The van der Waals surface area contributed by atoms with Crippen LogP contribution in [0.15, 0.2) is 11.6 Å². The highest BCUT2D eigenvalue weighted by Crippen LogP contribution is 2.26. The highest BCUT2D eigenvalue weighted by atomic mass is 16.6. The largest absolute Gasteiger partial charge is 0.463 e. The summed E-state index contributed by atoms with van der Waals surface area (Å²) in [6, 6.07) is -1.37. The fraction of sp³-hybridized carbons (Fsp3) is 0.792. The fourth-order valence-corrected chi connectivity index (χ4v) is 3.39. The van der Waals surface area contributed by atoms with Crippen LogP contribution in [0, 0.1) is 0 Å². The third-order valence-electron chi connectivity index (χ3n) is 4.78. The number of hydrogen-bond donors (Lipinski definition) is 2. The third kappa shape index (κ3) is 10.5. The van der Waals surface area contributed by atoms with Crippen LogP contribution in [-0.4, -0.2) is 60.3 Å². The molecule has 33 heavy (non-hydrogen) atoms. The molecule has 0 aromatic carbocycles. The number of carbonyl (C=O) groups is 3. The van der Waals surface area contributed by atoms with Crippen molar-refractivity contribution in [3.05, 3.63) is 11.6 Å². The van der Waals surface area contributed by atoms with Crippen molar-refractivity contribution in [1.82, 2.24) is 10.6 Å². The van der Waals surface area contributed by atoms with Gasteiger partial charge in [-0.15, -0.1) is 0 Å². The van der Waals surface area contributed by atoms with E-state index < -0.39 is 47.5 Å². The molecule has 0 aromatic rings. The molecule has 0 aliphatic heterocycles. The Kier molecular flexibility index (Phi) is 10.7. The van der Waals surface area contributed by atoms with Crippen LogP contribution >= 0.6 is 0 Å². The van der Waals surface area contributed by atoms with E-state index in [2.05, 4.69) is 10.6 Å². The molecular weight excluding hydrogens is 428 g/mol. The molecule has 0 heterocycles. The zero-order chi connectivity index (χ0) is 25.4. The molecule has 0 spiro atoms. The van der Waals surface area contributed by atoms with E-state index in [1.54, 1.807) is 54.5 Å². The summed E-state index contributed by atoms with van der Waals surface area (Å²) in [5, 5.41) is 5.64. The number of nitrogens with one attached hydrogen (secondary N) is 2. The molecule has 0 bridgehead atoms. The first-order valence-electron chi connectivity index (χ1n) is 11.7. The highest BCUT2D eigenvalue weighted by Gasteiger charge is 2.40. The van der Waals surface area contributed by atoms with Gasteiger partial charge in [0, 0.05) is 12.0 Å². The van der Waals surface area contributed by atoms with Gasteiger partial charge in [0.2, 0.25) is 0 Å². The molecular formula is C24H42N2O7. The second kappa shape index (κ2) is 12.3. The van der Waals surface area contributed by atoms with Crippen molar-refractivity contribution in [2.75, 3.05) is 6.61 Å². The molecule has 190 valence electrons. The summed E-state index contributed by atoms with van der Waals surface area (Å²) in [5.74, 6) is -0.484. The Morgan fingerprint density at radius 1 is 0.939 bits per heavy atom. The molecule has 1 aliphatic rings. The van der Waals surface area contributed by atoms with Crippen LogP contribution in [0.2, 0.25) is 0 Å². The molecule has 0 saturated heterocycles. The molecule has 0 unspecified atom stereocenters.